The van der Waals surface area contributed by atoms with Gasteiger partial charge in [0.1, 0.15) is 5.75 Å². The molecular weight excluding hydrogens is 246 g/mol. The maximum Gasteiger partial charge on any atom is 0.119 e. The van der Waals surface area contributed by atoms with Gasteiger partial charge in [-0.3, -0.25) is 0 Å². The highest BCUT2D eigenvalue weighted by molar-refractivity contribution is 5.30. The van der Waals surface area contributed by atoms with Gasteiger partial charge in [0.2, 0.25) is 0 Å². The summed E-state index contributed by atoms with van der Waals surface area (Å²) < 4.78 is 5.68. The summed E-state index contributed by atoms with van der Waals surface area (Å²) in [5.41, 5.74) is 10.1. The molecule has 0 aromatic heterocycles. The number of hydrogen-bond acceptors (Lipinski definition) is 2. The summed E-state index contributed by atoms with van der Waals surface area (Å²) in [7, 11) is 0. The molecule has 2 aromatic carbocycles. The van der Waals surface area contributed by atoms with Gasteiger partial charge in [0.05, 0.1) is 6.61 Å². The van der Waals surface area contributed by atoms with E-state index >= 15 is 0 Å². The fourth-order valence-corrected chi connectivity index (χ4v) is 2.18. The number of para-hydroxylation sites is 1. The molecule has 1 unspecified atom stereocenters. The van der Waals surface area contributed by atoms with E-state index in [1.807, 2.05) is 30.3 Å². The third-order valence-corrected chi connectivity index (χ3v) is 3.57. The van der Waals surface area contributed by atoms with E-state index in [-0.39, 0.29) is 6.04 Å². The van der Waals surface area contributed by atoms with Gasteiger partial charge >= 0.3 is 0 Å². The monoisotopic (exact) mass is 269 g/mol. The summed E-state index contributed by atoms with van der Waals surface area (Å²) in [4.78, 5) is 0. The van der Waals surface area contributed by atoms with Gasteiger partial charge in [-0.2, -0.15) is 0 Å². The van der Waals surface area contributed by atoms with Crippen LogP contribution in [0.4, 0.5) is 0 Å². The van der Waals surface area contributed by atoms with Crippen LogP contribution in [0.15, 0.2) is 48.5 Å². The molecule has 0 fully saturated rings. The number of ether oxygens (including phenoxy) is 1. The number of aryl methyl sites for hydroxylation is 2. The normalized spacial score (nSPS) is 12.2. The second-order valence-corrected chi connectivity index (χ2v) is 5.33. The van der Waals surface area contributed by atoms with Crippen LogP contribution in [0.25, 0.3) is 0 Å². The Labute approximate surface area is 121 Å². The zero-order valence-corrected chi connectivity index (χ0v) is 12.3. The van der Waals surface area contributed by atoms with Gasteiger partial charge in [-0.05, 0) is 55.5 Å². The van der Waals surface area contributed by atoms with Crippen molar-refractivity contribution >= 4 is 0 Å². The molecule has 0 aliphatic rings. The molecule has 1 atom stereocenters. The molecule has 2 nitrogen and oxygen atoms in total. The smallest absolute Gasteiger partial charge is 0.119 e. The fourth-order valence-electron chi connectivity index (χ4n) is 2.18. The van der Waals surface area contributed by atoms with Crippen LogP contribution in [0.1, 0.15) is 23.1 Å². The molecule has 0 bridgehead atoms. The third-order valence-electron chi connectivity index (χ3n) is 3.57. The quantitative estimate of drug-likeness (QED) is 0.869. The first-order valence-corrected chi connectivity index (χ1v) is 7.14. The number of rotatable bonds is 6. The Balaban J connectivity index is 1.77. The number of nitrogens with two attached hydrogens (primary N) is 1. The lowest BCUT2D eigenvalue weighted by atomic mass is 10.00. The standard InChI is InChI=1S/C18H23NO/c1-14-8-9-16(12-15(14)2)13-17(19)10-11-20-18-6-4-3-5-7-18/h3-9,12,17H,10-11,13,19H2,1-2H3. The van der Waals surface area contributed by atoms with Crippen molar-refractivity contribution in [3.05, 3.63) is 65.2 Å². The maximum absolute atomic E-state index is 6.18. The van der Waals surface area contributed by atoms with Gasteiger partial charge in [0.25, 0.3) is 0 Å². The predicted molar refractivity (Wildman–Crippen MR) is 84.1 cm³/mol. The van der Waals surface area contributed by atoms with Crippen molar-refractivity contribution < 1.29 is 4.74 Å². The van der Waals surface area contributed by atoms with Crippen LogP contribution in [0.2, 0.25) is 0 Å². The minimum absolute atomic E-state index is 0.140. The molecule has 2 rings (SSSR count). The Morgan fingerprint density at radius 1 is 1.00 bits per heavy atom. The largest absolute Gasteiger partial charge is 0.494 e. The lowest BCUT2D eigenvalue weighted by Crippen LogP contribution is -2.25. The summed E-state index contributed by atoms with van der Waals surface area (Å²) in [5, 5.41) is 0. The van der Waals surface area contributed by atoms with Crippen molar-refractivity contribution in [1.82, 2.24) is 0 Å². The van der Waals surface area contributed by atoms with E-state index in [1.165, 1.54) is 16.7 Å². The molecule has 20 heavy (non-hydrogen) atoms. The highest BCUT2D eigenvalue weighted by Crippen LogP contribution is 2.13. The van der Waals surface area contributed by atoms with Crippen LogP contribution >= 0.6 is 0 Å². The van der Waals surface area contributed by atoms with Crippen LogP contribution in [-0.2, 0) is 6.42 Å². The topological polar surface area (TPSA) is 35.2 Å². The zero-order chi connectivity index (χ0) is 14.4. The molecule has 0 aliphatic heterocycles. The second kappa shape index (κ2) is 7.11. The summed E-state index contributed by atoms with van der Waals surface area (Å²) >= 11 is 0. The average molecular weight is 269 g/mol. The van der Waals surface area contributed by atoms with Crippen molar-refractivity contribution in [3.63, 3.8) is 0 Å². The molecule has 0 amide bonds. The van der Waals surface area contributed by atoms with Gasteiger partial charge < -0.3 is 10.5 Å². The molecular formula is C18H23NO. The summed E-state index contributed by atoms with van der Waals surface area (Å²) in [6, 6.07) is 16.6. The van der Waals surface area contributed by atoms with Gasteiger partial charge in [-0.15, -0.1) is 0 Å². The SMILES string of the molecule is Cc1ccc(CC(N)CCOc2ccccc2)cc1C. The van der Waals surface area contributed by atoms with E-state index in [2.05, 4.69) is 32.0 Å². The Hall–Kier alpha value is -1.80. The molecule has 106 valence electrons. The zero-order valence-electron chi connectivity index (χ0n) is 12.3. The van der Waals surface area contributed by atoms with Crippen molar-refractivity contribution in [2.75, 3.05) is 6.61 Å². The average Bonchev–Trinajstić information content (AvgIpc) is 2.44. The van der Waals surface area contributed by atoms with Gasteiger partial charge in [-0.1, -0.05) is 36.4 Å². The minimum Gasteiger partial charge on any atom is -0.494 e. The first-order valence-electron chi connectivity index (χ1n) is 7.14. The van der Waals surface area contributed by atoms with E-state index in [1.54, 1.807) is 0 Å². The van der Waals surface area contributed by atoms with Crippen molar-refractivity contribution in [1.29, 1.82) is 0 Å². The van der Waals surface area contributed by atoms with Crippen LogP contribution in [0.3, 0.4) is 0 Å². The summed E-state index contributed by atoms with van der Waals surface area (Å²) in [5.74, 6) is 0.908. The highest BCUT2D eigenvalue weighted by Gasteiger charge is 2.05. The lowest BCUT2D eigenvalue weighted by molar-refractivity contribution is 0.297. The number of hydrogen-bond donors (Lipinski definition) is 1. The molecule has 2 N–H and O–H groups in total. The minimum atomic E-state index is 0.140. The summed E-state index contributed by atoms with van der Waals surface area (Å²) in [6.45, 7) is 4.94. The molecule has 0 radical (unpaired) electrons. The molecule has 0 saturated carbocycles. The predicted octanol–water partition coefficient (Wildman–Crippen LogP) is 3.64. The Kier molecular flexibility index (Phi) is 5.19. The van der Waals surface area contributed by atoms with Gasteiger partial charge in [-0.25, -0.2) is 0 Å². The van der Waals surface area contributed by atoms with E-state index in [4.69, 9.17) is 10.5 Å². The van der Waals surface area contributed by atoms with Crippen LogP contribution in [-0.4, -0.2) is 12.6 Å². The third kappa shape index (κ3) is 4.39. The Morgan fingerprint density at radius 2 is 1.75 bits per heavy atom. The Bertz CT molecular complexity index is 536. The first-order chi connectivity index (χ1) is 9.65. The van der Waals surface area contributed by atoms with Crippen LogP contribution < -0.4 is 10.5 Å². The van der Waals surface area contributed by atoms with Crippen molar-refractivity contribution in [2.24, 2.45) is 5.73 Å². The van der Waals surface area contributed by atoms with Crippen LogP contribution in [0, 0.1) is 13.8 Å². The Morgan fingerprint density at radius 3 is 2.45 bits per heavy atom. The summed E-state index contributed by atoms with van der Waals surface area (Å²) in [6.07, 6.45) is 1.76. The van der Waals surface area contributed by atoms with E-state index in [0.717, 1.165) is 18.6 Å². The first kappa shape index (κ1) is 14.6. The maximum atomic E-state index is 6.18. The molecule has 0 heterocycles. The number of benzene rings is 2. The molecule has 0 spiro atoms. The highest BCUT2D eigenvalue weighted by atomic mass is 16.5. The van der Waals surface area contributed by atoms with Crippen LogP contribution in [0.5, 0.6) is 5.75 Å². The second-order valence-electron chi connectivity index (χ2n) is 5.33. The molecule has 0 aliphatic carbocycles. The molecule has 0 saturated heterocycles. The van der Waals surface area contributed by atoms with E-state index in [9.17, 15) is 0 Å². The van der Waals surface area contributed by atoms with Crippen molar-refractivity contribution in [3.8, 4) is 5.75 Å². The van der Waals surface area contributed by atoms with Gasteiger partial charge in [0.15, 0.2) is 0 Å². The molecule has 2 heteroatoms. The van der Waals surface area contributed by atoms with Crippen molar-refractivity contribution in [2.45, 2.75) is 32.7 Å². The lowest BCUT2D eigenvalue weighted by Gasteiger charge is -2.13. The van der Waals surface area contributed by atoms with E-state index in [0.29, 0.717) is 6.61 Å². The van der Waals surface area contributed by atoms with Gasteiger partial charge in [0, 0.05) is 6.04 Å². The van der Waals surface area contributed by atoms with E-state index < -0.39 is 0 Å². The molecule has 2 aromatic rings. The fraction of sp³-hybridized carbons (Fsp3) is 0.333.